The summed E-state index contributed by atoms with van der Waals surface area (Å²) in [5, 5.41) is 4.01. The third kappa shape index (κ3) is 3.35. The van der Waals surface area contributed by atoms with Gasteiger partial charge in [0.1, 0.15) is 0 Å². The molecule has 0 bridgehead atoms. The molecule has 4 rings (SSSR count). The molecule has 3 aromatic carbocycles. The van der Waals surface area contributed by atoms with Gasteiger partial charge in [0.2, 0.25) is 0 Å². The van der Waals surface area contributed by atoms with Gasteiger partial charge in [0, 0.05) is 16.3 Å². The first-order valence-corrected chi connectivity index (χ1v) is 8.81. The predicted octanol–water partition coefficient (Wildman–Crippen LogP) is 5.68. The first-order valence-electron chi connectivity index (χ1n) is 8.43. The molecule has 0 amide bonds. The van der Waals surface area contributed by atoms with E-state index in [1.807, 2.05) is 54.6 Å². The highest BCUT2D eigenvalue weighted by atomic mass is 35.5. The van der Waals surface area contributed by atoms with Gasteiger partial charge in [-0.15, -0.1) is 0 Å². The van der Waals surface area contributed by atoms with Crippen LogP contribution in [0, 0.1) is 0 Å². The summed E-state index contributed by atoms with van der Waals surface area (Å²) in [7, 11) is 0. The van der Waals surface area contributed by atoms with Crippen molar-refractivity contribution in [2.75, 3.05) is 5.23 Å². The number of benzene rings is 3. The van der Waals surface area contributed by atoms with E-state index in [0.717, 1.165) is 34.3 Å². The number of nitrogens with one attached hydrogen (secondary N) is 1. The Labute approximate surface area is 160 Å². The number of hydrogen-bond donors (Lipinski definition) is 1. The Morgan fingerprint density at radius 2 is 1.41 bits per heavy atom. The van der Waals surface area contributed by atoms with E-state index in [2.05, 4.69) is 5.23 Å². The topological polar surface area (TPSA) is 12.0 Å². The molecule has 0 radical (unpaired) electrons. The molecule has 0 aliphatic carbocycles. The molecule has 27 heavy (non-hydrogen) atoms. The largest absolute Gasteiger partial charge is 0.420 e. The van der Waals surface area contributed by atoms with E-state index in [-0.39, 0.29) is 6.85 Å². The molecule has 1 nitrogen and oxygen atoms in total. The average molecular weight is 384 g/mol. The van der Waals surface area contributed by atoms with Gasteiger partial charge in [-0.3, -0.25) is 0 Å². The van der Waals surface area contributed by atoms with Crippen LogP contribution in [0.5, 0.6) is 0 Å². The number of fused-ring (bicyclic) bond motifs is 1. The zero-order chi connectivity index (χ0) is 19.0. The third-order valence-electron chi connectivity index (χ3n) is 4.64. The Bertz CT molecular complexity index is 998. The van der Waals surface area contributed by atoms with E-state index in [0.29, 0.717) is 10.6 Å². The third-order valence-corrected chi connectivity index (χ3v) is 5.05. The summed E-state index contributed by atoms with van der Waals surface area (Å²) in [5.41, 5.74) is 3.45. The number of alkyl halides is 3. The molecule has 134 valence electrons. The molecule has 0 saturated heterocycles. The van der Waals surface area contributed by atoms with Crippen molar-refractivity contribution in [2.24, 2.45) is 0 Å². The highest BCUT2D eigenvalue weighted by molar-refractivity contribution is 6.96. The van der Waals surface area contributed by atoms with Crippen LogP contribution in [0.25, 0.3) is 10.5 Å². The van der Waals surface area contributed by atoms with Crippen LogP contribution in [-0.4, -0.2) is 6.85 Å². The van der Waals surface area contributed by atoms with E-state index >= 15 is 0 Å². The summed E-state index contributed by atoms with van der Waals surface area (Å²) >= 11 is 6.74. The molecule has 1 aliphatic rings. The Morgan fingerprint density at radius 1 is 0.778 bits per heavy atom. The minimum absolute atomic E-state index is 0.259. The average Bonchev–Trinajstić information content (AvgIpc) is 2.68. The second kappa shape index (κ2) is 6.82. The van der Waals surface area contributed by atoms with Crippen LogP contribution in [-0.2, 0) is 6.18 Å². The molecule has 1 aliphatic heterocycles. The maximum absolute atomic E-state index is 12.9. The highest BCUT2D eigenvalue weighted by Crippen LogP contribution is 2.40. The van der Waals surface area contributed by atoms with Crippen molar-refractivity contribution in [3.8, 4) is 0 Å². The number of halogens is 4. The van der Waals surface area contributed by atoms with E-state index in [9.17, 15) is 13.2 Å². The van der Waals surface area contributed by atoms with Gasteiger partial charge in [0.25, 0.3) is 0 Å². The lowest BCUT2D eigenvalue weighted by molar-refractivity contribution is -0.137. The molecule has 1 heterocycles. The summed E-state index contributed by atoms with van der Waals surface area (Å²) in [6.45, 7) is -0.259. The number of hydrogen-bond acceptors (Lipinski definition) is 1. The van der Waals surface area contributed by atoms with Crippen LogP contribution in [0.15, 0.2) is 78.9 Å². The second-order valence-electron chi connectivity index (χ2n) is 6.34. The number of anilines is 1. The minimum atomic E-state index is -4.37. The van der Waals surface area contributed by atoms with Crippen LogP contribution >= 0.6 is 11.6 Å². The van der Waals surface area contributed by atoms with Crippen molar-refractivity contribution in [3.63, 3.8) is 0 Å². The molecule has 3 aromatic rings. The lowest BCUT2D eigenvalue weighted by Gasteiger charge is -2.28. The van der Waals surface area contributed by atoms with Gasteiger partial charge in [0.05, 0.1) is 5.56 Å². The Kier molecular flexibility index (Phi) is 4.48. The highest BCUT2D eigenvalue weighted by Gasteiger charge is 2.34. The summed E-state index contributed by atoms with van der Waals surface area (Å²) in [5.74, 6) is 0. The Balaban J connectivity index is 1.87. The zero-order valence-corrected chi connectivity index (χ0v) is 14.9. The van der Waals surface area contributed by atoms with Crippen molar-refractivity contribution in [1.82, 2.24) is 0 Å². The van der Waals surface area contributed by atoms with Crippen molar-refractivity contribution < 1.29 is 13.2 Å². The molecule has 0 atom stereocenters. The molecule has 6 heteroatoms. The number of para-hydroxylation sites is 1. The molecule has 0 spiro atoms. The first kappa shape index (κ1) is 17.7. The molecular weight excluding hydrogens is 369 g/mol. The van der Waals surface area contributed by atoms with E-state index in [1.54, 1.807) is 0 Å². The van der Waals surface area contributed by atoms with Gasteiger partial charge < -0.3 is 5.23 Å². The molecule has 0 aromatic heterocycles. The monoisotopic (exact) mass is 383 g/mol. The van der Waals surface area contributed by atoms with Gasteiger partial charge >= 0.3 is 13.0 Å². The first-order chi connectivity index (χ1) is 12.9. The van der Waals surface area contributed by atoms with Crippen molar-refractivity contribution in [3.05, 3.63) is 95.6 Å². The van der Waals surface area contributed by atoms with Crippen LogP contribution in [0.1, 0.15) is 16.7 Å². The van der Waals surface area contributed by atoms with Gasteiger partial charge in [-0.25, -0.2) is 0 Å². The van der Waals surface area contributed by atoms with Crippen LogP contribution < -0.4 is 10.7 Å². The van der Waals surface area contributed by atoms with E-state index < -0.39 is 11.7 Å². The van der Waals surface area contributed by atoms with Crippen LogP contribution in [0.3, 0.4) is 0 Å². The summed E-state index contributed by atoms with van der Waals surface area (Å²) in [4.78, 5) is 0. The second-order valence-corrected chi connectivity index (χ2v) is 6.71. The van der Waals surface area contributed by atoms with Gasteiger partial charge in [-0.1, -0.05) is 77.7 Å². The molecule has 1 N–H and O–H groups in total. The minimum Gasteiger partial charge on any atom is -0.420 e. The smallest absolute Gasteiger partial charge is 0.416 e. The van der Waals surface area contributed by atoms with Gasteiger partial charge in [-0.2, -0.15) is 13.2 Å². The normalized spacial score (nSPS) is 14.0. The summed E-state index contributed by atoms with van der Waals surface area (Å²) in [6, 6.07) is 22.5. The fraction of sp³-hybridized carbons (Fsp3) is 0.0476. The lowest BCUT2D eigenvalue weighted by Crippen LogP contribution is -2.42. The van der Waals surface area contributed by atoms with Crippen LogP contribution in [0.4, 0.5) is 18.9 Å². The fourth-order valence-electron chi connectivity index (χ4n) is 3.33. The van der Waals surface area contributed by atoms with Crippen molar-refractivity contribution in [2.45, 2.75) is 6.18 Å². The Morgan fingerprint density at radius 3 is 2.07 bits per heavy atom. The standard InChI is InChI=1S/C21H14BClF3N/c23-20-17-8-4-5-9-18(17)27-22(16-6-2-1-3-7-16)19(20)14-10-12-15(13-11-14)21(24,25)26/h1-13,27H. The summed E-state index contributed by atoms with van der Waals surface area (Å²) < 4.78 is 38.8. The van der Waals surface area contributed by atoms with Gasteiger partial charge in [-0.05, 0) is 29.2 Å². The predicted molar refractivity (Wildman–Crippen MR) is 106 cm³/mol. The zero-order valence-electron chi connectivity index (χ0n) is 14.1. The van der Waals surface area contributed by atoms with Crippen molar-refractivity contribution >= 4 is 40.1 Å². The quantitative estimate of drug-likeness (QED) is 0.562. The maximum Gasteiger partial charge on any atom is 0.416 e. The molecule has 0 fully saturated rings. The van der Waals surface area contributed by atoms with Crippen LogP contribution in [0.2, 0.25) is 0 Å². The summed E-state index contributed by atoms with van der Waals surface area (Å²) in [6.07, 6.45) is -4.37. The maximum atomic E-state index is 12.9. The number of rotatable bonds is 2. The Hall–Kier alpha value is -2.66. The molecular formula is C21H14BClF3N. The molecule has 0 saturated carbocycles. The van der Waals surface area contributed by atoms with E-state index in [1.165, 1.54) is 12.1 Å². The molecule has 0 unspecified atom stereocenters. The van der Waals surface area contributed by atoms with Gasteiger partial charge in [0.15, 0.2) is 0 Å². The van der Waals surface area contributed by atoms with E-state index in [4.69, 9.17) is 11.6 Å². The lowest BCUT2D eigenvalue weighted by atomic mass is 9.47. The SMILES string of the molecule is FC(F)(F)c1ccc(C2=C(Cl)c3ccccc3NB2c2ccccc2)cc1. The fourth-order valence-corrected chi connectivity index (χ4v) is 3.71. The van der Waals surface area contributed by atoms with Crippen molar-refractivity contribution in [1.29, 1.82) is 0 Å².